The number of amides is 1. The third kappa shape index (κ3) is 3.30. The Morgan fingerprint density at radius 3 is 2.46 bits per heavy atom. The zero-order valence-corrected chi connectivity index (χ0v) is 13.9. The second kappa shape index (κ2) is 7.73. The standard InChI is InChI=1S/C13H15FN4O4.C2H6/c1-4-7(12(16)19)11(22-2)8-6(3-5(15)13(20)21)17-18-10(8)9(4)14;1-2/h5H,3,15H2,1-2H3,(H2,16,19)(H,17,18)(H,20,21);1-2H3. The number of aromatic amines is 1. The fraction of sp³-hybridized carbons (Fsp3) is 0.400. The van der Waals surface area contributed by atoms with E-state index in [0.717, 1.165) is 0 Å². The number of ether oxygens (including phenoxy) is 1. The Labute approximate surface area is 138 Å². The summed E-state index contributed by atoms with van der Waals surface area (Å²) in [4.78, 5) is 22.5. The molecule has 2 rings (SSSR count). The predicted molar refractivity (Wildman–Crippen MR) is 86.5 cm³/mol. The number of aromatic nitrogens is 2. The van der Waals surface area contributed by atoms with E-state index in [1.54, 1.807) is 0 Å². The molecule has 1 amide bonds. The van der Waals surface area contributed by atoms with Gasteiger partial charge in [0.05, 0.1) is 18.1 Å². The fourth-order valence-electron chi connectivity index (χ4n) is 2.32. The van der Waals surface area contributed by atoms with Crippen molar-refractivity contribution in [3.8, 4) is 5.75 Å². The molecule has 0 radical (unpaired) electrons. The van der Waals surface area contributed by atoms with Gasteiger partial charge in [-0.15, -0.1) is 0 Å². The Morgan fingerprint density at radius 2 is 2.00 bits per heavy atom. The summed E-state index contributed by atoms with van der Waals surface area (Å²) in [5.41, 5.74) is 10.9. The van der Waals surface area contributed by atoms with Crippen LogP contribution in [0.2, 0.25) is 0 Å². The number of aliphatic carboxylic acids is 1. The summed E-state index contributed by atoms with van der Waals surface area (Å²) >= 11 is 0. The Morgan fingerprint density at radius 1 is 1.42 bits per heavy atom. The van der Waals surface area contributed by atoms with Gasteiger partial charge in [0.2, 0.25) is 0 Å². The van der Waals surface area contributed by atoms with Crippen LogP contribution in [0.25, 0.3) is 10.9 Å². The highest BCUT2D eigenvalue weighted by Crippen LogP contribution is 2.36. The summed E-state index contributed by atoms with van der Waals surface area (Å²) in [5, 5.41) is 15.4. The van der Waals surface area contributed by atoms with Crippen molar-refractivity contribution in [2.45, 2.75) is 33.2 Å². The topological polar surface area (TPSA) is 144 Å². The van der Waals surface area contributed by atoms with Crippen molar-refractivity contribution in [3.05, 3.63) is 22.6 Å². The van der Waals surface area contributed by atoms with Gasteiger partial charge in [-0.05, 0) is 6.92 Å². The number of carboxylic acids is 1. The summed E-state index contributed by atoms with van der Waals surface area (Å²) in [6.07, 6.45) is -0.136. The lowest BCUT2D eigenvalue weighted by Gasteiger charge is -2.13. The Kier molecular flexibility index (Phi) is 6.24. The number of primary amides is 1. The average Bonchev–Trinajstić information content (AvgIpc) is 2.95. The molecule has 0 saturated heterocycles. The van der Waals surface area contributed by atoms with Crippen LogP contribution >= 0.6 is 0 Å². The van der Waals surface area contributed by atoms with Crippen molar-refractivity contribution in [1.29, 1.82) is 0 Å². The van der Waals surface area contributed by atoms with Gasteiger partial charge in [-0.1, -0.05) is 13.8 Å². The summed E-state index contributed by atoms with van der Waals surface area (Å²) in [6, 6.07) is -1.21. The number of H-pyrrole nitrogens is 1. The van der Waals surface area contributed by atoms with Gasteiger partial charge in [0.15, 0.2) is 5.82 Å². The third-order valence-corrected chi connectivity index (χ3v) is 3.40. The number of benzene rings is 1. The highest BCUT2D eigenvalue weighted by atomic mass is 19.1. The summed E-state index contributed by atoms with van der Waals surface area (Å²) in [5.74, 6) is -2.76. The largest absolute Gasteiger partial charge is 0.495 e. The number of hydrogen-bond acceptors (Lipinski definition) is 5. The van der Waals surface area contributed by atoms with Crippen LogP contribution in [0.3, 0.4) is 0 Å². The van der Waals surface area contributed by atoms with E-state index >= 15 is 0 Å². The minimum absolute atomic E-state index is 0.0115. The lowest BCUT2D eigenvalue weighted by molar-refractivity contribution is -0.138. The van der Waals surface area contributed by atoms with E-state index in [2.05, 4.69) is 10.2 Å². The normalized spacial score (nSPS) is 11.6. The number of halogens is 1. The van der Waals surface area contributed by atoms with E-state index < -0.39 is 23.7 Å². The van der Waals surface area contributed by atoms with Crippen molar-refractivity contribution < 1.29 is 23.8 Å². The monoisotopic (exact) mass is 340 g/mol. The lowest BCUT2D eigenvalue weighted by atomic mass is 9.99. The number of rotatable bonds is 5. The van der Waals surface area contributed by atoms with Gasteiger partial charge in [-0.25, -0.2) is 4.39 Å². The molecule has 8 nitrogen and oxygen atoms in total. The van der Waals surface area contributed by atoms with E-state index in [9.17, 15) is 14.0 Å². The van der Waals surface area contributed by atoms with Crippen LogP contribution in [0, 0.1) is 12.7 Å². The van der Waals surface area contributed by atoms with E-state index in [0.29, 0.717) is 0 Å². The maximum Gasteiger partial charge on any atom is 0.320 e. The first-order chi connectivity index (χ1) is 11.3. The summed E-state index contributed by atoms with van der Waals surface area (Å²) in [6.45, 7) is 5.38. The minimum atomic E-state index is -1.22. The van der Waals surface area contributed by atoms with Crippen LogP contribution in [0.5, 0.6) is 5.75 Å². The molecule has 1 unspecified atom stereocenters. The molecule has 0 bridgehead atoms. The van der Waals surface area contributed by atoms with Crippen molar-refractivity contribution in [3.63, 3.8) is 0 Å². The first-order valence-corrected chi connectivity index (χ1v) is 7.30. The molecule has 0 spiro atoms. The van der Waals surface area contributed by atoms with Gasteiger partial charge in [-0.2, -0.15) is 5.10 Å². The highest BCUT2D eigenvalue weighted by Gasteiger charge is 2.26. The predicted octanol–water partition coefficient (Wildman–Crippen LogP) is 1.10. The van der Waals surface area contributed by atoms with Gasteiger partial charge < -0.3 is 21.3 Å². The van der Waals surface area contributed by atoms with E-state index in [1.807, 2.05) is 13.8 Å². The van der Waals surface area contributed by atoms with Crippen molar-refractivity contribution >= 4 is 22.8 Å². The highest BCUT2D eigenvalue weighted by molar-refractivity contribution is 6.05. The molecule has 0 fully saturated rings. The third-order valence-electron chi connectivity index (χ3n) is 3.40. The van der Waals surface area contributed by atoms with Crippen molar-refractivity contribution in [2.75, 3.05) is 7.11 Å². The molecule has 1 heterocycles. The van der Waals surface area contributed by atoms with Crippen LogP contribution in [0.15, 0.2) is 0 Å². The Bertz CT molecular complexity index is 773. The van der Waals surface area contributed by atoms with Crippen molar-refractivity contribution in [1.82, 2.24) is 10.2 Å². The number of carboxylic acid groups (broad SMARTS) is 1. The number of nitrogens with zero attached hydrogens (tertiary/aromatic N) is 1. The molecule has 1 aromatic heterocycles. The second-order valence-electron chi connectivity index (χ2n) is 4.79. The molecule has 1 atom stereocenters. The number of fused-ring (bicyclic) bond motifs is 1. The van der Waals surface area contributed by atoms with E-state index in [1.165, 1.54) is 14.0 Å². The molecular formula is C15H21FN4O4. The first-order valence-electron chi connectivity index (χ1n) is 7.30. The Hall–Kier alpha value is -2.68. The molecule has 2 aromatic rings. The number of carbonyl (C=O) groups is 2. The molecule has 0 saturated carbocycles. The molecule has 1 aromatic carbocycles. The molecular weight excluding hydrogens is 319 g/mol. The molecule has 24 heavy (non-hydrogen) atoms. The molecule has 132 valence electrons. The molecule has 9 heteroatoms. The minimum Gasteiger partial charge on any atom is -0.495 e. The van der Waals surface area contributed by atoms with Crippen LogP contribution in [0.4, 0.5) is 4.39 Å². The number of nitrogens with two attached hydrogens (primary N) is 2. The number of nitrogens with one attached hydrogen (secondary N) is 1. The molecule has 0 aliphatic heterocycles. The van der Waals surface area contributed by atoms with Gasteiger partial charge in [-0.3, -0.25) is 14.7 Å². The van der Waals surface area contributed by atoms with Crippen molar-refractivity contribution in [2.24, 2.45) is 11.5 Å². The first kappa shape index (κ1) is 19.4. The van der Waals surface area contributed by atoms with Crippen LogP contribution in [-0.4, -0.2) is 40.3 Å². The van der Waals surface area contributed by atoms with Crippen LogP contribution in [0.1, 0.15) is 35.5 Å². The smallest absolute Gasteiger partial charge is 0.320 e. The van der Waals surface area contributed by atoms with Gasteiger partial charge in [0, 0.05) is 17.7 Å². The van der Waals surface area contributed by atoms with Gasteiger partial charge >= 0.3 is 5.97 Å². The SMILES string of the molecule is CC.COc1c(C(N)=O)c(C)c(F)c2n[nH]c(CC(N)C(=O)O)c12. The maximum atomic E-state index is 14.4. The van der Waals surface area contributed by atoms with E-state index in [-0.39, 0.29) is 39.9 Å². The molecule has 0 aliphatic rings. The van der Waals surface area contributed by atoms with Crippen LogP contribution < -0.4 is 16.2 Å². The fourth-order valence-corrected chi connectivity index (χ4v) is 2.32. The quantitative estimate of drug-likeness (QED) is 0.641. The zero-order valence-electron chi connectivity index (χ0n) is 13.9. The van der Waals surface area contributed by atoms with Gasteiger partial charge in [0.1, 0.15) is 17.3 Å². The molecule has 6 N–H and O–H groups in total. The molecule has 0 aliphatic carbocycles. The second-order valence-corrected chi connectivity index (χ2v) is 4.79. The Balaban J connectivity index is 0.00000139. The summed E-state index contributed by atoms with van der Waals surface area (Å²) < 4.78 is 19.5. The van der Waals surface area contributed by atoms with Crippen LogP contribution in [-0.2, 0) is 11.2 Å². The number of hydrogen-bond donors (Lipinski definition) is 4. The van der Waals surface area contributed by atoms with Gasteiger partial charge in [0.25, 0.3) is 5.91 Å². The number of methoxy groups -OCH3 is 1. The maximum absolute atomic E-state index is 14.4. The average molecular weight is 340 g/mol. The number of carbonyl (C=O) groups excluding carboxylic acids is 1. The summed E-state index contributed by atoms with van der Waals surface area (Å²) in [7, 11) is 1.30. The zero-order chi connectivity index (χ0) is 18.6. The van der Waals surface area contributed by atoms with E-state index in [4.69, 9.17) is 21.3 Å². The lowest BCUT2D eigenvalue weighted by Crippen LogP contribution is -2.32.